The molecule has 108 valence electrons. The molecule has 0 saturated carbocycles. The average molecular weight is 436 g/mol. The van der Waals surface area contributed by atoms with Gasteiger partial charge in [-0.05, 0) is 52.9 Å². The molecule has 0 bridgehead atoms. The Morgan fingerprint density at radius 2 is 1.81 bits per heavy atom. The molecule has 0 fully saturated rings. The number of hydrogen-bond donors (Lipinski definition) is 2. The monoisotopic (exact) mass is 435 g/mol. The first-order valence-electron chi connectivity index (χ1n) is 5.68. The number of carboxylic acids is 1. The maximum atomic E-state index is 12.3. The Hall–Kier alpha value is -1.31. The molecule has 2 aromatic carbocycles. The van der Waals surface area contributed by atoms with E-state index in [-0.39, 0.29) is 16.3 Å². The van der Waals surface area contributed by atoms with Crippen molar-refractivity contribution in [1.82, 2.24) is 0 Å². The summed E-state index contributed by atoms with van der Waals surface area (Å²) in [6, 6.07) is 9.25. The van der Waals surface area contributed by atoms with Crippen LogP contribution in [0.15, 0.2) is 36.4 Å². The molecule has 2 rings (SSSR count). The van der Waals surface area contributed by atoms with Crippen LogP contribution in [0.25, 0.3) is 0 Å². The van der Waals surface area contributed by atoms with E-state index < -0.39 is 11.9 Å². The maximum Gasteiger partial charge on any atom is 0.337 e. The highest BCUT2D eigenvalue weighted by atomic mass is 127. The smallest absolute Gasteiger partial charge is 0.337 e. The predicted molar refractivity (Wildman–Crippen MR) is 90.5 cm³/mol. The summed E-state index contributed by atoms with van der Waals surface area (Å²) in [5.41, 5.74) is 0.333. The lowest BCUT2D eigenvalue weighted by molar-refractivity contribution is 0.0698. The first-order chi connectivity index (χ1) is 9.90. The fourth-order valence-corrected chi connectivity index (χ4v) is 2.66. The summed E-state index contributed by atoms with van der Waals surface area (Å²) in [7, 11) is 0. The molecular weight excluding hydrogens is 428 g/mol. The van der Waals surface area contributed by atoms with Gasteiger partial charge in [-0.15, -0.1) is 0 Å². The van der Waals surface area contributed by atoms with Crippen molar-refractivity contribution >= 4 is 63.4 Å². The topological polar surface area (TPSA) is 66.4 Å². The van der Waals surface area contributed by atoms with E-state index in [4.69, 9.17) is 28.3 Å². The first-order valence-corrected chi connectivity index (χ1v) is 7.52. The number of aromatic carboxylic acids is 1. The van der Waals surface area contributed by atoms with E-state index in [1.54, 1.807) is 12.1 Å². The Bertz CT molecular complexity index is 734. The predicted octanol–water partition coefficient (Wildman–Crippen LogP) is 4.55. The number of hydrogen-bond acceptors (Lipinski definition) is 2. The van der Waals surface area contributed by atoms with Gasteiger partial charge < -0.3 is 10.4 Å². The van der Waals surface area contributed by atoms with Gasteiger partial charge in [-0.25, -0.2) is 4.79 Å². The summed E-state index contributed by atoms with van der Waals surface area (Å²) in [5.74, 6) is -1.65. The van der Waals surface area contributed by atoms with Crippen LogP contribution in [0.5, 0.6) is 0 Å². The van der Waals surface area contributed by atoms with Crippen LogP contribution >= 0.6 is 45.8 Å². The number of amides is 1. The summed E-state index contributed by atoms with van der Waals surface area (Å²) in [6.45, 7) is 0. The second kappa shape index (κ2) is 6.64. The van der Waals surface area contributed by atoms with Crippen LogP contribution in [-0.4, -0.2) is 17.0 Å². The maximum absolute atomic E-state index is 12.3. The minimum absolute atomic E-state index is 0.0624. The number of anilines is 1. The zero-order chi connectivity index (χ0) is 15.6. The highest BCUT2D eigenvalue weighted by Gasteiger charge is 2.18. The summed E-state index contributed by atoms with van der Waals surface area (Å²) < 4.78 is 0.693. The van der Waals surface area contributed by atoms with Gasteiger partial charge in [0.25, 0.3) is 5.91 Å². The largest absolute Gasteiger partial charge is 0.478 e. The van der Waals surface area contributed by atoms with E-state index in [0.717, 1.165) is 0 Å². The number of benzene rings is 2. The zero-order valence-electron chi connectivity index (χ0n) is 10.4. The van der Waals surface area contributed by atoms with Crippen molar-refractivity contribution in [2.24, 2.45) is 0 Å². The third-order valence-electron chi connectivity index (χ3n) is 2.66. The Morgan fingerprint density at radius 3 is 2.48 bits per heavy atom. The van der Waals surface area contributed by atoms with Gasteiger partial charge in [0.1, 0.15) is 0 Å². The minimum Gasteiger partial charge on any atom is -0.478 e. The van der Waals surface area contributed by atoms with E-state index in [0.29, 0.717) is 14.2 Å². The van der Waals surface area contributed by atoms with Gasteiger partial charge in [-0.1, -0.05) is 29.3 Å². The molecule has 0 aromatic heterocycles. The molecule has 21 heavy (non-hydrogen) atoms. The molecule has 0 aliphatic heterocycles. The Kier molecular flexibility index (Phi) is 5.08. The van der Waals surface area contributed by atoms with Crippen LogP contribution in [-0.2, 0) is 0 Å². The van der Waals surface area contributed by atoms with Crippen LogP contribution in [0.2, 0.25) is 10.0 Å². The molecule has 0 radical (unpaired) electrons. The zero-order valence-corrected chi connectivity index (χ0v) is 14.0. The van der Waals surface area contributed by atoms with E-state index >= 15 is 0 Å². The number of carbonyl (C=O) groups excluding carboxylic acids is 1. The molecule has 0 unspecified atom stereocenters. The molecular formula is C14H8Cl2INO3. The van der Waals surface area contributed by atoms with Crippen LogP contribution in [0.3, 0.4) is 0 Å². The Balaban J connectivity index is 2.41. The van der Waals surface area contributed by atoms with Crippen molar-refractivity contribution in [3.63, 3.8) is 0 Å². The number of nitrogens with one attached hydrogen (secondary N) is 1. The van der Waals surface area contributed by atoms with Gasteiger partial charge in [-0.2, -0.15) is 0 Å². The number of carbonyl (C=O) groups is 2. The molecule has 0 spiro atoms. The van der Waals surface area contributed by atoms with Crippen molar-refractivity contribution in [3.05, 3.63) is 61.1 Å². The normalized spacial score (nSPS) is 10.2. The number of carboxylic acid groups (broad SMARTS) is 1. The molecule has 2 aromatic rings. The van der Waals surface area contributed by atoms with Gasteiger partial charge in [0.2, 0.25) is 0 Å². The lowest BCUT2D eigenvalue weighted by Crippen LogP contribution is -2.16. The van der Waals surface area contributed by atoms with E-state index in [9.17, 15) is 9.59 Å². The summed E-state index contributed by atoms with van der Waals surface area (Å²) in [4.78, 5) is 23.5. The summed E-state index contributed by atoms with van der Waals surface area (Å²) in [5, 5.41) is 12.2. The quantitative estimate of drug-likeness (QED) is 0.695. The summed E-state index contributed by atoms with van der Waals surface area (Å²) >= 11 is 13.8. The minimum atomic E-state index is -1.17. The van der Waals surface area contributed by atoms with Gasteiger partial charge >= 0.3 is 5.97 Å². The average Bonchev–Trinajstić information content (AvgIpc) is 2.43. The molecule has 0 heterocycles. The molecule has 0 aliphatic carbocycles. The van der Waals surface area contributed by atoms with Crippen molar-refractivity contribution in [3.8, 4) is 0 Å². The van der Waals surface area contributed by atoms with Gasteiger partial charge in [-0.3, -0.25) is 4.79 Å². The van der Waals surface area contributed by atoms with E-state index in [1.807, 2.05) is 22.6 Å². The Labute approximate surface area is 144 Å². The lowest BCUT2D eigenvalue weighted by Gasteiger charge is -2.11. The van der Waals surface area contributed by atoms with Crippen LogP contribution in [0.1, 0.15) is 20.7 Å². The van der Waals surface area contributed by atoms with Gasteiger partial charge in [0.05, 0.1) is 21.8 Å². The fraction of sp³-hybridized carbons (Fsp3) is 0. The van der Waals surface area contributed by atoms with Crippen molar-refractivity contribution < 1.29 is 14.7 Å². The molecule has 0 saturated heterocycles. The van der Waals surface area contributed by atoms with Crippen LogP contribution < -0.4 is 5.32 Å². The third kappa shape index (κ3) is 3.66. The molecule has 0 aliphatic rings. The van der Waals surface area contributed by atoms with Crippen molar-refractivity contribution in [2.45, 2.75) is 0 Å². The SMILES string of the molecule is O=C(Nc1c(Cl)cccc1C(=O)O)c1cc(Cl)ccc1I. The molecule has 4 nitrogen and oxygen atoms in total. The third-order valence-corrected chi connectivity index (χ3v) is 4.15. The van der Waals surface area contributed by atoms with Crippen LogP contribution in [0, 0.1) is 3.57 Å². The fourth-order valence-electron chi connectivity index (χ4n) is 1.68. The number of rotatable bonds is 3. The second-order valence-corrected chi connectivity index (χ2v) is 6.05. The standard InChI is InChI=1S/C14H8Cl2INO3/c15-7-4-5-11(17)9(6-7)13(19)18-12-8(14(20)21)2-1-3-10(12)16/h1-6H,(H,18,19)(H,20,21). The molecule has 7 heteroatoms. The molecule has 2 N–H and O–H groups in total. The lowest BCUT2D eigenvalue weighted by atomic mass is 10.1. The van der Waals surface area contributed by atoms with Crippen LogP contribution in [0.4, 0.5) is 5.69 Å². The first kappa shape index (κ1) is 16.1. The van der Waals surface area contributed by atoms with E-state index in [1.165, 1.54) is 24.3 Å². The Morgan fingerprint density at radius 1 is 1.10 bits per heavy atom. The highest BCUT2D eigenvalue weighted by Crippen LogP contribution is 2.27. The van der Waals surface area contributed by atoms with E-state index in [2.05, 4.69) is 5.32 Å². The second-order valence-electron chi connectivity index (χ2n) is 4.05. The summed E-state index contributed by atoms with van der Waals surface area (Å²) in [6.07, 6.45) is 0. The molecule has 1 amide bonds. The molecule has 0 atom stereocenters. The highest BCUT2D eigenvalue weighted by molar-refractivity contribution is 14.1. The van der Waals surface area contributed by atoms with Gasteiger partial charge in [0.15, 0.2) is 0 Å². The van der Waals surface area contributed by atoms with Crippen molar-refractivity contribution in [1.29, 1.82) is 0 Å². The number of halogens is 3. The van der Waals surface area contributed by atoms with Gasteiger partial charge in [0, 0.05) is 8.59 Å². The van der Waals surface area contributed by atoms with Crippen molar-refractivity contribution in [2.75, 3.05) is 5.32 Å². The number of para-hydroxylation sites is 1.